The number of para-hydroxylation sites is 2. The van der Waals surface area contributed by atoms with Crippen LogP contribution < -0.4 is 14.8 Å². The van der Waals surface area contributed by atoms with Gasteiger partial charge in [-0.1, -0.05) is 18.2 Å². The summed E-state index contributed by atoms with van der Waals surface area (Å²) in [5.41, 5.74) is 2.08. The van der Waals surface area contributed by atoms with Gasteiger partial charge in [0.25, 0.3) is 0 Å². The van der Waals surface area contributed by atoms with E-state index >= 15 is 0 Å². The van der Waals surface area contributed by atoms with Gasteiger partial charge in [0, 0.05) is 18.8 Å². The van der Waals surface area contributed by atoms with E-state index in [4.69, 9.17) is 9.47 Å². The number of nitrogens with one attached hydrogen (secondary N) is 1. The molecule has 0 saturated heterocycles. The van der Waals surface area contributed by atoms with E-state index in [1.54, 1.807) is 7.11 Å². The van der Waals surface area contributed by atoms with E-state index in [0.29, 0.717) is 6.61 Å². The van der Waals surface area contributed by atoms with E-state index in [1.165, 1.54) is 0 Å². The van der Waals surface area contributed by atoms with Crippen molar-refractivity contribution in [2.24, 2.45) is 0 Å². The van der Waals surface area contributed by atoms with Crippen LogP contribution in [-0.4, -0.2) is 25.2 Å². The van der Waals surface area contributed by atoms with Crippen LogP contribution >= 0.6 is 0 Å². The Bertz CT molecular complexity index is 544. The minimum absolute atomic E-state index is 0.589. The van der Waals surface area contributed by atoms with Gasteiger partial charge in [0.15, 0.2) is 11.5 Å². The molecule has 0 unspecified atom stereocenters. The van der Waals surface area contributed by atoms with E-state index in [9.17, 15) is 0 Å². The zero-order chi connectivity index (χ0) is 14.2. The summed E-state index contributed by atoms with van der Waals surface area (Å²) in [7, 11) is 1.64. The van der Waals surface area contributed by atoms with Crippen LogP contribution in [0.2, 0.25) is 0 Å². The number of nitrogens with zero attached hydrogens (tertiary/aromatic N) is 1. The number of pyridine rings is 1. The number of methoxy groups -OCH3 is 1. The fourth-order valence-corrected chi connectivity index (χ4v) is 1.89. The SMILES string of the molecule is COc1ccccc1OCCNCc1cccc(C)n1. The minimum atomic E-state index is 0.589. The summed E-state index contributed by atoms with van der Waals surface area (Å²) in [5, 5.41) is 3.31. The standard InChI is InChI=1S/C16H20N2O2/c1-13-6-5-7-14(18-13)12-17-10-11-20-16-9-4-3-8-15(16)19-2/h3-9,17H,10-12H2,1-2H3. The maximum Gasteiger partial charge on any atom is 0.161 e. The van der Waals surface area contributed by atoms with E-state index in [2.05, 4.69) is 10.3 Å². The smallest absolute Gasteiger partial charge is 0.161 e. The quantitative estimate of drug-likeness (QED) is 0.787. The fourth-order valence-electron chi connectivity index (χ4n) is 1.89. The van der Waals surface area contributed by atoms with Crippen molar-refractivity contribution in [3.63, 3.8) is 0 Å². The Hall–Kier alpha value is -2.07. The molecule has 106 valence electrons. The molecule has 0 amide bonds. The third-order valence-electron chi connectivity index (χ3n) is 2.86. The van der Waals surface area contributed by atoms with Gasteiger partial charge in [0.1, 0.15) is 6.61 Å². The molecule has 4 heteroatoms. The molecule has 2 aromatic rings. The van der Waals surface area contributed by atoms with Crippen LogP contribution in [-0.2, 0) is 6.54 Å². The molecule has 1 aromatic carbocycles. The lowest BCUT2D eigenvalue weighted by Crippen LogP contribution is -2.21. The van der Waals surface area contributed by atoms with Gasteiger partial charge in [0.05, 0.1) is 12.8 Å². The summed E-state index contributed by atoms with van der Waals surface area (Å²) in [4.78, 5) is 4.43. The Balaban J connectivity index is 1.71. The maximum atomic E-state index is 5.68. The largest absolute Gasteiger partial charge is 0.493 e. The molecule has 1 heterocycles. The molecule has 0 saturated carbocycles. The van der Waals surface area contributed by atoms with Gasteiger partial charge in [-0.3, -0.25) is 4.98 Å². The zero-order valence-corrected chi connectivity index (χ0v) is 11.9. The van der Waals surface area contributed by atoms with Gasteiger partial charge in [-0.05, 0) is 31.2 Å². The summed E-state index contributed by atoms with van der Waals surface area (Å²) in [6, 6.07) is 13.7. The zero-order valence-electron chi connectivity index (χ0n) is 11.9. The second-order valence-corrected chi connectivity index (χ2v) is 4.45. The molecule has 2 rings (SSSR count). The highest BCUT2D eigenvalue weighted by Crippen LogP contribution is 2.25. The Morgan fingerprint density at radius 1 is 1.05 bits per heavy atom. The number of hydrogen-bond acceptors (Lipinski definition) is 4. The van der Waals surface area contributed by atoms with E-state index in [0.717, 1.165) is 36.0 Å². The second-order valence-electron chi connectivity index (χ2n) is 4.45. The molecule has 0 radical (unpaired) electrons. The van der Waals surface area contributed by atoms with Crippen LogP contribution in [0.25, 0.3) is 0 Å². The topological polar surface area (TPSA) is 43.4 Å². The van der Waals surface area contributed by atoms with Crippen molar-refractivity contribution < 1.29 is 9.47 Å². The minimum Gasteiger partial charge on any atom is -0.493 e. The predicted molar refractivity (Wildman–Crippen MR) is 79.2 cm³/mol. The number of ether oxygens (including phenoxy) is 2. The number of benzene rings is 1. The van der Waals surface area contributed by atoms with Crippen LogP contribution in [0, 0.1) is 6.92 Å². The van der Waals surface area contributed by atoms with Gasteiger partial charge < -0.3 is 14.8 Å². The molecular formula is C16H20N2O2. The molecule has 20 heavy (non-hydrogen) atoms. The van der Waals surface area contributed by atoms with Crippen LogP contribution in [0.4, 0.5) is 0 Å². The molecule has 0 atom stereocenters. The third-order valence-corrected chi connectivity index (χ3v) is 2.86. The van der Waals surface area contributed by atoms with Gasteiger partial charge >= 0.3 is 0 Å². The van der Waals surface area contributed by atoms with Crippen molar-refractivity contribution in [1.29, 1.82) is 0 Å². The first kappa shape index (κ1) is 14.3. The predicted octanol–water partition coefficient (Wildman–Crippen LogP) is 2.57. The van der Waals surface area contributed by atoms with Crippen LogP contribution in [0.3, 0.4) is 0 Å². The molecule has 0 aliphatic carbocycles. The molecule has 0 spiro atoms. The van der Waals surface area contributed by atoms with Gasteiger partial charge in [-0.2, -0.15) is 0 Å². The molecular weight excluding hydrogens is 252 g/mol. The molecule has 4 nitrogen and oxygen atoms in total. The third kappa shape index (κ3) is 4.24. The van der Waals surface area contributed by atoms with Gasteiger partial charge in [-0.15, -0.1) is 0 Å². The first-order valence-corrected chi connectivity index (χ1v) is 6.68. The molecule has 1 N–H and O–H groups in total. The summed E-state index contributed by atoms with van der Waals surface area (Å²) >= 11 is 0. The average molecular weight is 272 g/mol. The highest BCUT2D eigenvalue weighted by atomic mass is 16.5. The van der Waals surface area contributed by atoms with Crippen LogP contribution in [0.1, 0.15) is 11.4 Å². The first-order chi connectivity index (χ1) is 9.79. The van der Waals surface area contributed by atoms with Crippen LogP contribution in [0.15, 0.2) is 42.5 Å². The second kappa shape index (κ2) is 7.50. The van der Waals surface area contributed by atoms with Crippen molar-refractivity contribution in [2.45, 2.75) is 13.5 Å². The maximum absolute atomic E-state index is 5.68. The first-order valence-electron chi connectivity index (χ1n) is 6.68. The number of hydrogen-bond donors (Lipinski definition) is 1. The van der Waals surface area contributed by atoms with Gasteiger partial charge in [-0.25, -0.2) is 0 Å². The summed E-state index contributed by atoms with van der Waals surface area (Å²) in [6.45, 7) is 4.09. The van der Waals surface area contributed by atoms with Crippen molar-refractivity contribution >= 4 is 0 Å². The van der Waals surface area contributed by atoms with E-state index < -0.39 is 0 Å². The Labute approximate surface area is 119 Å². The van der Waals surface area contributed by atoms with Crippen molar-refractivity contribution in [3.05, 3.63) is 53.9 Å². The van der Waals surface area contributed by atoms with Gasteiger partial charge in [0.2, 0.25) is 0 Å². The molecule has 0 aliphatic rings. The number of aryl methyl sites for hydroxylation is 1. The highest BCUT2D eigenvalue weighted by molar-refractivity contribution is 5.39. The molecule has 1 aromatic heterocycles. The fraction of sp³-hybridized carbons (Fsp3) is 0.312. The summed E-state index contributed by atoms with van der Waals surface area (Å²) < 4.78 is 10.9. The molecule has 0 aliphatic heterocycles. The molecule has 0 fully saturated rings. The number of rotatable bonds is 7. The average Bonchev–Trinajstić information content (AvgIpc) is 2.47. The highest BCUT2D eigenvalue weighted by Gasteiger charge is 2.01. The Morgan fingerprint density at radius 2 is 1.85 bits per heavy atom. The van der Waals surface area contributed by atoms with Crippen molar-refractivity contribution in [2.75, 3.05) is 20.3 Å². The van der Waals surface area contributed by atoms with Crippen LogP contribution in [0.5, 0.6) is 11.5 Å². The van der Waals surface area contributed by atoms with E-state index in [-0.39, 0.29) is 0 Å². The molecule has 0 bridgehead atoms. The summed E-state index contributed by atoms with van der Waals surface area (Å²) in [6.07, 6.45) is 0. The Kier molecular flexibility index (Phi) is 5.38. The number of aromatic nitrogens is 1. The summed E-state index contributed by atoms with van der Waals surface area (Å²) in [5.74, 6) is 1.53. The van der Waals surface area contributed by atoms with E-state index in [1.807, 2.05) is 49.4 Å². The lowest BCUT2D eigenvalue weighted by atomic mass is 10.3. The lowest BCUT2D eigenvalue weighted by molar-refractivity contribution is 0.292. The Morgan fingerprint density at radius 3 is 2.60 bits per heavy atom. The monoisotopic (exact) mass is 272 g/mol. The normalized spacial score (nSPS) is 10.3. The van der Waals surface area contributed by atoms with Crippen molar-refractivity contribution in [1.82, 2.24) is 10.3 Å². The van der Waals surface area contributed by atoms with Crippen molar-refractivity contribution in [3.8, 4) is 11.5 Å². The lowest BCUT2D eigenvalue weighted by Gasteiger charge is -2.10.